The van der Waals surface area contributed by atoms with Crippen LogP contribution in [0.25, 0.3) is 5.69 Å². The van der Waals surface area contributed by atoms with Gasteiger partial charge in [-0.05, 0) is 31.2 Å². The summed E-state index contributed by atoms with van der Waals surface area (Å²) in [6.07, 6.45) is 1.37. The molecule has 6 nitrogen and oxygen atoms in total. The van der Waals surface area contributed by atoms with Crippen molar-refractivity contribution < 1.29 is 14.0 Å². The number of rotatable bonds is 5. The van der Waals surface area contributed by atoms with E-state index >= 15 is 0 Å². The molecule has 0 aliphatic carbocycles. The number of primary amides is 1. The standard InChI is InChI=1S/C19H16ClFN4O2/c1-11-15(10-23-25(11)13-6-4-5-12(20)9-13)19(27)24-17(18(22)26)14-7-2-3-8-16(14)21/h2-10,17H,1H3,(H2,22,26)(H,24,27). The summed E-state index contributed by atoms with van der Waals surface area (Å²) < 4.78 is 15.6. The molecule has 0 radical (unpaired) electrons. The fraction of sp³-hybridized carbons (Fsp3) is 0.105. The average molecular weight is 387 g/mol. The number of nitrogens with two attached hydrogens (primary N) is 1. The highest BCUT2D eigenvalue weighted by Crippen LogP contribution is 2.20. The number of nitrogens with zero attached hydrogens (tertiary/aromatic N) is 2. The minimum atomic E-state index is -1.30. The van der Waals surface area contributed by atoms with Gasteiger partial charge in [0.1, 0.15) is 11.9 Å². The van der Waals surface area contributed by atoms with E-state index < -0.39 is 23.7 Å². The Hall–Kier alpha value is -3.19. The van der Waals surface area contributed by atoms with Crippen molar-refractivity contribution in [3.8, 4) is 5.69 Å². The van der Waals surface area contributed by atoms with Crippen molar-refractivity contribution >= 4 is 23.4 Å². The number of halogens is 2. The van der Waals surface area contributed by atoms with Crippen molar-refractivity contribution in [2.24, 2.45) is 5.73 Å². The van der Waals surface area contributed by atoms with E-state index in [-0.39, 0.29) is 11.1 Å². The molecule has 0 fully saturated rings. The molecule has 1 atom stereocenters. The molecule has 0 saturated carbocycles. The van der Waals surface area contributed by atoms with Crippen LogP contribution in [-0.2, 0) is 4.79 Å². The molecule has 1 heterocycles. The fourth-order valence-corrected chi connectivity index (χ4v) is 2.91. The Morgan fingerprint density at radius 3 is 2.63 bits per heavy atom. The molecule has 0 aliphatic heterocycles. The van der Waals surface area contributed by atoms with Gasteiger partial charge in [-0.2, -0.15) is 5.10 Å². The van der Waals surface area contributed by atoms with Crippen molar-refractivity contribution in [2.75, 3.05) is 0 Å². The van der Waals surface area contributed by atoms with Crippen molar-refractivity contribution in [2.45, 2.75) is 13.0 Å². The minimum absolute atomic E-state index is 0.00163. The van der Waals surface area contributed by atoms with E-state index in [1.165, 1.54) is 24.4 Å². The predicted octanol–water partition coefficient (Wildman–Crippen LogP) is 2.93. The number of benzene rings is 2. The van der Waals surface area contributed by atoms with E-state index in [4.69, 9.17) is 17.3 Å². The predicted molar refractivity (Wildman–Crippen MR) is 99.1 cm³/mol. The zero-order valence-corrected chi connectivity index (χ0v) is 15.1. The third-order valence-corrected chi connectivity index (χ3v) is 4.32. The smallest absolute Gasteiger partial charge is 0.255 e. The van der Waals surface area contributed by atoms with Crippen LogP contribution in [0.1, 0.15) is 27.7 Å². The van der Waals surface area contributed by atoms with E-state index in [0.717, 1.165) is 0 Å². The lowest BCUT2D eigenvalue weighted by Crippen LogP contribution is -2.38. The highest BCUT2D eigenvalue weighted by molar-refractivity contribution is 6.30. The SMILES string of the molecule is Cc1c(C(=O)NC(C(N)=O)c2ccccc2F)cnn1-c1cccc(Cl)c1. The molecule has 8 heteroatoms. The van der Waals surface area contributed by atoms with Crippen molar-refractivity contribution in [1.82, 2.24) is 15.1 Å². The quantitative estimate of drug-likeness (QED) is 0.706. The van der Waals surface area contributed by atoms with Gasteiger partial charge in [-0.15, -0.1) is 0 Å². The molecule has 3 rings (SSSR count). The Balaban J connectivity index is 1.90. The summed E-state index contributed by atoms with van der Waals surface area (Å²) in [6, 6.07) is 11.3. The lowest BCUT2D eigenvalue weighted by molar-refractivity contribution is -0.120. The second kappa shape index (κ2) is 7.59. The molecule has 0 bridgehead atoms. The second-order valence-corrected chi connectivity index (χ2v) is 6.30. The first-order valence-corrected chi connectivity index (χ1v) is 8.41. The van der Waals surface area contributed by atoms with Gasteiger partial charge in [0.15, 0.2) is 0 Å². The van der Waals surface area contributed by atoms with E-state index in [9.17, 15) is 14.0 Å². The molecule has 27 heavy (non-hydrogen) atoms. The van der Waals surface area contributed by atoms with Gasteiger partial charge in [-0.25, -0.2) is 9.07 Å². The summed E-state index contributed by atoms with van der Waals surface area (Å²) in [5.41, 5.74) is 6.81. The molecule has 1 aromatic heterocycles. The van der Waals surface area contributed by atoms with Crippen molar-refractivity contribution in [1.29, 1.82) is 0 Å². The van der Waals surface area contributed by atoms with E-state index in [1.54, 1.807) is 41.9 Å². The maximum Gasteiger partial charge on any atom is 0.255 e. The van der Waals surface area contributed by atoms with Gasteiger partial charge in [-0.1, -0.05) is 35.9 Å². The Labute approximate surface area is 159 Å². The topological polar surface area (TPSA) is 90.0 Å². The Bertz CT molecular complexity index is 1020. The van der Waals surface area contributed by atoms with Gasteiger partial charge in [0, 0.05) is 10.6 Å². The van der Waals surface area contributed by atoms with E-state index in [0.29, 0.717) is 16.4 Å². The zero-order valence-electron chi connectivity index (χ0n) is 14.3. The second-order valence-electron chi connectivity index (χ2n) is 5.87. The molecule has 0 spiro atoms. The highest BCUT2D eigenvalue weighted by atomic mass is 35.5. The minimum Gasteiger partial charge on any atom is -0.368 e. The van der Waals surface area contributed by atoms with Crippen molar-refractivity contribution in [3.63, 3.8) is 0 Å². The number of amides is 2. The normalized spacial score (nSPS) is 11.8. The van der Waals surface area contributed by atoms with Gasteiger partial charge < -0.3 is 11.1 Å². The zero-order chi connectivity index (χ0) is 19.6. The third-order valence-electron chi connectivity index (χ3n) is 4.08. The molecule has 3 aromatic rings. The maximum atomic E-state index is 14.0. The third kappa shape index (κ3) is 3.83. The van der Waals surface area contributed by atoms with Gasteiger partial charge in [0.25, 0.3) is 5.91 Å². The Morgan fingerprint density at radius 2 is 1.96 bits per heavy atom. The number of aromatic nitrogens is 2. The molecule has 1 unspecified atom stereocenters. The van der Waals surface area contributed by atoms with Gasteiger partial charge in [0.2, 0.25) is 5.91 Å². The van der Waals surface area contributed by atoms with Crippen LogP contribution in [0.3, 0.4) is 0 Å². The monoisotopic (exact) mass is 386 g/mol. The van der Waals surface area contributed by atoms with Crippen LogP contribution in [-0.4, -0.2) is 21.6 Å². The van der Waals surface area contributed by atoms with Gasteiger partial charge in [-0.3, -0.25) is 9.59 Å². The fourth-order valence-electron chi connectivity index (χ4n) is 2.72. The van der Waals surface area contributed by atoms with Crippen LogP contribution < -0.4 is 11.1 Å². The molecule has 0 aliphatic rings. The molecule has 0 saturated heterocycles. The average Bonchev–Trinajstić information content (AvgIpc) is 3.01. The van der Waals surface area contributed by atoms with Gasteiger partial charge in [0.05, 0.1) is 23.1 Å². The molecular weight excluding hydrogens is 371 g/mol. The number of carbonyl (C=O) groups excluding carboxylic acids is 2. The molecule has 3 N–H and O–H groups in total. The first-order chi connectivity index (χ1) is 12.9. The van der Waals surface area contributed by atoms with Crippen LogP contribution in [0.2, 0.25) is 5.02 Å². The lowest BCUT2D eigenvalue weighted by atomic mass is 10.1. The summed E-state index contributed by atoms with van der Waals surface area (Å²) in [5.74, 6) is -2.09. The van der Waals surface area contributed by atoms with Crippen LogP contribution in [0.5, 0.6) is 0 Å². The number of hydrogen-bond acceptors (Lipinski definition) is 3. The highest BCUT2D eigenvalue weighted by Gasteiger charge is 2.25. The lowest BCUT2D eigenvalue weighted by Gasteiger charge is -2.16. The molecular formula is C19H16ClFN4O2. The first kappa shape index (κ1) is 18.6. The number of carbonyl (C=O) groups is 2. The number of hydrogen-bond donors (Lipinski definition) is 2. The molecule has 2 amide bonds. The maximum absolute atomic E-state index is 14.0. The summed E-state index contributed by atoms with van der Waals surface area (Å²) in [7, 11) is 0. The van der Waals surface area contributed by atoms with Crippen LogP contribution >= 0.6 is 11.6 Å². The Morgan fingerprint density at radius 1 is 1.22 bits per heavy atom. The van der Waals surface area contributed by atoms with Crippen LogP contribution in [0.15, 0.2) is 54.7 Å². The van der Waals surface area contributed by atoms with Crippen molar-refractivity contribution in [3.05, 3.63) is 82.4 Å². The van der Waals surface area contributed by atoms with Crippen LogP contribution in [0, 0.1) is 12.7 Å². The summed E-state index contributed by atoms with van der Waals surface area (Å²) >= 11 is 6.00. The molecule has 138 valence electrons. The summed E-state index contributed by atoms with van der Waals surface area (Å²) in [6.45, 7) is 1.70. The summed E-state index contributed by atoms with van der Waals surface area (Å²) in [4.78, 5) is 24.4. The van der Waals surface area contributed by atoms with Gasteiger partial charge >= 0.3 is 0 Å². The summed E-state index contributed by atoms with van der Waals surface area (Å²) in [5, 5.41) is 7.20. The largest absolute Gasteiger partial charge is 0.368 e. The first-order valence-electron chi connectivity index (χ1n) is 8.03. The van der Waals surface area contributed by atoms with Crippen LogP contribution in [0.4, 0.5) is 4.39 Å². The Kier molecular flexibility index (Phi) is 5.23. The van der Waals surface area contributed by atoms with E-state index in [2.05, 4.69) is 10.4 Å². The van der Waals surface area contributed by atoms with E-state index in [1.807, 2.05) is 0 Å². The number of nitrogens with one attached hydrogen (secondary N) is 1. The molecule has 2 aromatic carbocycles.